The molecule has 4 unspecified atom stereocenters. The van der Waals surface area contributed by atoms with E-state index < -0.39 is 0 Å². The molecule has 0 spiro atoms. The molecule has 1 saturated carbocycles. The fourth-order valence-corrected chi connectivity index (χ4v) is 1.80. The summed E-state index contributed by atoms with van der Waals surface area (Å²) in [6.07, 6.45) is 0.336. The summed E-state index contributed by atoms with van der Waals surface area (Å²) in [5.74, 6) is 5.12. The van der Waals surface area contributed by atoms with E-state index in [1.54, 1.807) is 0 Å². The van der Waals surface area contributed by atoms with Gasteiger partial charge in [-0.25, -0.2) is 5.90 Å². The summed E-state index contributed by atoms with van der Waals surface area (Å²) in [4.78, 5) is 4.75. The minimum absolute atomic E-state index is 0.187. The van der Waals surface area contributed by atoms with Crippen LogP contribution >= 0.6 is 0 Å². The maximum absolute atomic E-state index is 5.86. The van der Waals surface area contributed by atoms with Crippen LogP contribution in [0.15, 0.2) is 16.9 Å². The molecule has 0 saturated heterocycles. The molecule has 0 bridgehead atoms. The van der Waals surface area contributed by atoms with Gasteiger partial charge in [0.1, 0.15) is 6.10 Å². The van der Waals surface area contributed by atoms with Crippen molar-refractivity contribution in [2.45, 2.75) is 30.7 Å². The first-order valence-corrected chi connectivity index (χ1v) is 4.27. The van der Waals surface area contributed by atoms with E-state index in [0.717, 1.165) is 11.1 Å². The first kappa shape index (κ1) is 8.90. The molecule has 2 aliphatic carbocycles. The van der Waals surface area contributed by atoms with Crippen molar-refractivity contribution in [2.24, 2.45) is 23.1 Å². The smallest absolute Gasteiger partial charge is 0.111 e. The van der Waals surface area contributed by atoms with Crippen LogP contribution in [0, 0.1) is 0 Å². The van der Waals surface area contributed by atoms with E-state index in [-0.39, 0.29) is 24.2 Å². The average Bonchev–Trinajstić information content (AvgIpc) is 2.83. The SMILES string of the molecule is NOC1C(N)CC2=C=C2C(N)C1N. The lowest BCUT2D eigenvalue weighted by atomic mass is 9.99. The van der Waals surface area contributed by atoms with E-state index >= 15 is 0 Å². The van der Waals surface area contributed by atoms with Gasteiger partial charge in [0, 0.05) is 17.2 Å². The second kappa shape index (κ2) is 2.92. The van der Waals surface area contributed by atoms with Crippen LogP contribution in [0.1, 0.15) is 6.42 Å². The maximum Gasteiger partial charge on any atom is 0.111 e. The minimum atomic E-state index is -0.371. The molecule has 5 heteroatoms. The molecule has 8 N–H and O–H groups in total. The second-order valence-electron chi connectivity index (χ2n) is 3.59. The molecule has 0 aromatic rings. The Hall–Kier alpha value is -0.680. The third kappa shape index (κ3) is 1.32. The van der Waals surface area contributed by atoms with Crippen LogP contribution in [0.4, 0.5) is 0 Å². The zero-order valence-electron chi connectivity index (χ0n) is 7.23. The highest BCUT2D eigenvalue weighted by molar-refractivity contribution is 5.50. The molecule has 2 aliphatic rings. The molecule has 0 amide bonds. The van der Waals surface area contributed by atoms with Crippen LogP contribution in [0.5, 0.6) is 0 Å². The quantitative estimate of drug-likeness (QED) is 0.279. The third-order valence-corrected chi connectivity index (χ3v) is 2.69. The van der Waals surface area contributed by atoms with Crippen molar-refractivity contribution in [3.63, 3.8) is 0 Å². The van der Waals surface area contributed by atoms with Crippen LogP contribution in [-0.4, -0.2) is 24.2 Å². The van der Waals surface area contributed by atoms with Crippen LogP contribution < -0.4 is 23.1 Å². The second-order valence-corrected chi connectivity index (χ2v) is 3.59. The summed E-state index contributed by atoms with van der Waals surface area (Å²) < 4.78 is 0. The third-order valence-electron chi connectivity index (χ3n) is 2.69. The topological polar surface area (TPSA) is 113 Å². The van der Waals surface area contributed by atoms with Crippen LogP contribution in [-0.2, 0) is 4.84 Å². The van der Waals surface area contributed by atoms with Gasteiger partial charge in [0.2, 0.25) is 0 Å². The Bertz CT molecular complexity index is 295. The molecule has 0 aromatic heterocycles. The largest absolute Gasteiger partial charge is 0.325 e. The first-order valence-electron chi connectivity index (χ1n) is 4.27. The van der Waals surface area contributed by atoms with Gasteiger partial charge in [-0.05, 0) is 6.42 Å². The van der Waals surface area contributed by atoms with Gasteiger partial charge in [-0.1, -0.05) is 0 Å². The van der Waals surface area contributed by atoms with E-state index in [1.165, 1.54) is 0 Å². The van der Waals surface area contributed by atoms with Crippen molar-refractivity contribution in [3.8, 4) is 0 Å². The predicted molar refractivity (Wildman–Crippen MR) is 48.1 cm³/mol. The van der Waals surface area contributed by atoms with Crippen molar-refractivity contribution >= 4 is 0 Å². The van der Waals surface area contributed by atoms with Crippen LogP contribution in [0.25, 0.3) is 0 Å². The fraction of sp³-hybridized carbons (Fsp3) is 0.625. The summed E-state index contributed by atoms with van der Waals surface area (Å²) in [5, 5.41) is 0. The summed E-state index contributed by atoms with van der Waals surface area (Å²) in [6, 6.07) is -0.770. The van der Waals surface area contributed by atoms with Gasteiger partial charge in [-0.3, -0.25) is 4.84 Å². The number of fused-ring (bicyclic) bond motifs is 1. The van der Waals surface area contributed by atoms with Crippen molar-refractivity contribution in [1.82, 2.24) is 0 Å². The molecule has 13 heavy (non-hydrogen) atoms. The Morgan fingerprint density at radius 2 is 2.00 bits per heavy atom. The van der Waals surface area contributed by atoms with E-state index in [4.69, 9.17) is 27.9 Å². The van der Waals surface area contributed by atoms with Gasteiger partial charge in [0.05, 0.1) is 12.1 Å². The molecule has 0 radical (unpaired) electrons. The lowest BCUT2D eigenvalue weighted by Crippen LogP contribution is -2.56. The Balaban J connectivity index is 2.17. The summed E-state index contributed by atoms with van der Waals surface area (Å²) in [6.45, 7) is 0. The molecular formula is C8H14N4O. The molecule has 2 rings (SSSR count). The van der Waals surface area contributed by atoms with Gasteiger partial charge in [0.15, 0.2) is 0 Å². The zero-order valence-corrected chi connectivity index (χ0v) is 7.23. The van der Waals surface area contributed by atoms with Gasteiger partial charge >= 0.3 is 0 Å². The Morgan fingerprint density at radius 1 is 1.31 bits per heavy atom. The van der Waals surface area contributed by atoms with Gasteiger partial charge < -0.3 is 17.2 Å². The Kier molecular flexibility index (Phi) is 2.00. The monoisotopic (exact) mass is 182 g/mol. The van der Waals surface area contributed by atoms with Crippen LogP contribution in [0.3, 0.4) is 0 Å². The maximum atomic E-state index is 5.86. The highest BCUT2D eigenvalue weighted by atomic mass is 16.6. The predicted octanol–water partition coefficient (Wildman–Crippen LogP) is -1.90. The summed E-state index contributed by atoms with van der Waals surface area (Å²) in [7, 11) is 0. The van der Waals surface area contributed by atoms with Crippen molar-refractivity contribution in [1.29, 1.82) is 0 Å². The zero-order chi connectivity index (χ0) is 9.59. The lowest BCUT2D eigenvalue weighted by molar-refractivity contribution is 0.0171. The van der Waals surface area contributed by atoms with Crippen molar-refractivity contribution < 1.29 is 4.84 Å². The van der Waals surface area contributed by atoms with Gasteiger partial charge in [-0.15, -0.1) is 5.73 Å². The Morgan fingerprint density at radius 3 is 2.62 bits per heavy atom. The highest BCUT2D eigenvalue weighted by Crippen LogP contribution is 2.33. The average molecular weight is 182 g/mol. The van der Waals surface area contributed by atoms with Gasteiger partial charge in [0.25, 0.3) is 0 Å². The van der Waals surface area contributed by atoms with Gasteiger partial charge in [-0.2, -0.15) is 0 Å². The molecule has 1 fully saturated rings. The molecule has 0 heterocycles. The van der Waals surface area contributed by atoms with E-state index in [0.29, 0.717) is 6.42 Å². The minimum Gasteiger partial charge on any atom is -0.325 e. The molecule has 72 valence electrons. The molecular weight excluding hydrogens is 168 g/mol. The molecule has 5 nitrogen and oxygen atoms in total. The fourth-order valence-electron chi connectivity index (χ4n) is 1.80. The van der Waals surface area contributed by atoms with Crippen molar-refractivity contribution in [3.05, 3.63) is 16.9 Å². The molecule has 4 atom stereocenters. The van der Waals surface area contributed by atoms with Crippen molar-refractivity contribution in [2.75, 3.05) is 0 Å². The number of hydrogen-bond acceptors (Lipinski definition) is 5. The number of hydrogen-bond donors (Lipinski definition) is 4. The van der Waals surface area contributed by atoms with E-state index in [9.17, 15) is 0 Å². The van der Waals surface area contributed by atoms with E-state index in [2.05, 4.69) is 5.73 Å². The Labute approximate surface area is 76.3 Å². The standard InChI is InChI=1S/C8H14N4O/c9-5-2-3-1-4(3)6(10)7(11)8(5)13-12/h5-8H,2,9-12H2. The summed E-state index contributed by atoms with van der Waals surface area (Å²) in [5.41, 5.74) is 22.7. The van der Waals surface area contributed by atoms with Crippen LogP contribution in [0.2, 0.25) is 0 Å². The van der Waals surface area contributed by atoms with E-state index in [1.807, 2.05) is 0 Å². The lowest BCUT2D eigenvalue weighted by Gasteiger charge is -2.26. The molecule has 0 aliphatic heterocycles. The number of nitrogens with two attached hydrogens (primary N) is 4. The first-order chi connectivity index (χ1) is 6.15. The normalized spacial score (nSPS) is 43.1. The molecule has 0 aromatic carbocycles. The highest BCUT2D eigenvalue weighted by Gasteiger charge is 2.40. The summed E-state index contributed by atoms with van der Waals surface area (Å²) >= 11 is 0. The number of rotatable bonds is 1.